The summed E-state index contributed by atoms with van der Waals surface area (Å²) in [6.07, 6.45) is 1.81. The van der Waals surface area contributed by atoms with Gasteiger partial charge in [0.05, 0.1) is 17.7 Å². The SMILES string of the molecule is Cc1ccc(NC(=O)Cc2nc(COC(=O)c3ccc4nnc(C)n4c3)cs2)cc1. The van der Waals surface area contributed by atoms with Crippen LogP contribution in [-0.4, -0.2) is 31.5 Å². The van der Waals surface area contributed by atoms with Gasteiger partial charge in [-0.25, -0.2) is 9.78 Å². The topological polar surface area (TPSA) is 98.5 Å². The molecule has 0 aliphatic rings. The van der Waals surface area contributed by atoms with Crippen LogP contribution in [0.1, 0.15) is 32.4 Å². The summed E-state index contributed by atoms with van der Waals surface area (Å²) in [5, 5.41) is 13.2. The average Bonchev–Trinajstić information content (AvgIpc) is 3.34. The number of ether oxygens (including phenoxy) is 1. The number of benzene rings is 1. The largest absolute Gasteiger partial charge is 0.456 e. The highest BCUT2D eigenvalue weighted by molar-refractivity contribution is 7.09. The molecule has 152 valence electrons. The molecule has 0 radical (unpaired) electrons. The highest BCUT2D eigenvalue weighted by Crippen LogP contribution is 2.15. The lowest BCUT2D eigenvalue weighted by atomic mass is 10.2. The van der Waals surface area contributed by atoms with Crippen molar-refractivity contribution in [2.75, 3.05) is 5.32 Å². The summed E-state index contributed by atoms with van der Waals surface area (Å²) < 4.78 is 7.08. The molecule has 1 aromatic carbocycles. The summed E-state index contributed by atoms with van der Waals surface area (Å²) in [4.78, 5) is 28.9. The molecule has 0 saturated carbocycles. The van der Waals surface area contributed by atoms with Gasteiger partial charge in [-0.15, -0.1) is 21.5 Å². The van der Waals surface area contributed by atoms with Gasteiger partial charge in [0.15, 0.2) is 5.65 Å². The van der Waals surface area contributed by atoms with E-state index in [4.69, 9.17) is 4.74 Å². The van der Waals surface area contributed by atoms with Crippen LogP contribution in [0.4, 0.5) is 5.69 Å². The molecule has 4 aromatic rings. The fourth-order valence-corrected chi connectivity index (χ4v) is 3.60. The summed E-state index contributed by atoms with van der Waals surface area (Å²) in [5.41, 5.74) is 3.55. The number of hydrogen-bond donors (Lipinski definition) is 1. The maximum atomic E-state index is 12.3. The maximum Gasteiger partial charge on any atom is 0.340 e. The number of nitrogens with zero attached hydrogens (tertiary/aromatic N) is 4. The molecule has 1 amide bonds. The Hall–Kier alpha value is -3.59. The molecule has 4 rings (SSSR count). The molecule has 9 heteroatoms. The molecule has 30 heavy (non-hydrogen) atoms. The first-order valence-electron chi connectivity index (χ1n) is 9.26. The van der Waals surface area contributed by atoms with Gasteiger partial charge in [-0.3, -0.25) is 9.20 Å². The van der Waals surface area contributed by atoms with E-state index in [0.29, 0.717) is 27.7 Å². The van der Waals surface area contributed by atoms with E-state index in [0.717, 1.165) is 11.3 Å². The highest BCUT2D eigenvalue weighted by atomic mass is 32.1. The molecule has 0 aliphatic heterocycles. The van der Waals surface area contributed by atoms with Crippen molar-refractivity contribution in [3.8, 4) is 0 Å². The molecule has 3 aromatic heterocycles. The number of hydrogen-bond acceptors (Lipinski definition) is 7. The van der Waals surface area contributed by atoms with E-state index in [1.54, 1.807) is 35.0 Å². The average molecular weight is 421 g/mol. The normalized spacial score (nSPS) is 10.9. The molecule has 1 N–H and O–H groups in total. The van der Waals surface area contributed by atoms with E-state index in [2.05, 4.69) is 20.5 Å². The van der Waals surface area contributed by atoms with Gasteiger partial charge in [0.25, 0.3) is 0 Å². The van der Waals surface area contributed by atoms with Crippen LogP contribution in [0.2, 0.25) is 0 Å². The van der Waals surface area contributed by atoms with Gasteiger partial charge in [0.2, 0.25) is 5.91 Å². The predicted molar refractivity (Wildman–Crippen MR) is 112 cm³/mol. The molecule has 0 saturated heterocycles. The number of nitrogens with one attached hydrogen (secondary N) is 1. The quantitative estimate of drug-likeness (QED) is 0.480. The third-order valence-electron chi connectivity index (χ3n) is 4.41. The van der Waals surface area contributed by atoms with Crippen LogP contribution in [-0.2, 0) is 22.6 Å². The summed E-state index contributed by atoms with van der Waals surface area (Å²) in [7, 11) is 0. The molecule has 0 aliphatic carbocycles. The third kappa shape index (κ3) is 4.52. The summed E-state index contributed by atoms with van der Waals surface area (Å²) in [5.74, 6) is 0.0822. The predicted octanol–water partition coefficient (Wildman–Crippen LogP) is 3.34. The van der Waals surface area contributed by atoms with Crippen LogP contribution in [0.3, 0.4) is 0 Å². The van der Waals surface area contributed by atoms with Gasteiger partial charge < -0.3 is 10.1 Å². The number of thiazole rings is 1. The molecule has 0 fully saturated rings. The van der Waals surface area contributed by atoms with E-state index in [1.807, 2.05) is 31.2 Å². The smallest absolute Gasteiger partial charge is 0.340 e. The fourth-order valence-electron chi connectivity index (χ4n) is 2.82. The number of fused-ring (bicyclic) bond motifs is 1. The van der Waals surface area contributed by atoms with Crippen LogP contribution in [0.5, 0.6) is 0 Å². The molecular weight excluding hydrogens is 402 g/mol. The standard InChI is InChI=1S/C21H19N5O3S/c1-13-3-6-16(7-4-13)22-19(27)9-20-23-17(12-30-20)11-29-21(28)15-5-8-18-25-24-14(2)26(18)10-15/h3-8,10,12H,9,11H2,1-2H3,(H,22,27). The number of carbonyl (C=O) groups is 2. The minimum Gasteiger partial charge on any atom is -0.456 e. The first kappa shape index (κ1) is 19.7. The number of aryl methyl sites for hydroxylation is 2. The van der Waals surface area contributed by atoms with E-state index >= 15 is 0 Å². The number of carbonyl (C=O) groups excluding carboxylic acids is 2. The van der Waals surface area contributed by atoms with Gasteiger partial charge in [-0.1, -0.05) is 17.7 Å². The zero-order chi connectivity index (χ0) is 21.1. The monoisotopic (exact) mass is 421 g/mol. The second-order valence-corrected chi connectivity index (χ2v) is 7.74. The van der Waals surface area contributed by atoms with E-state index in [9.17, 15) is 9.59 Å². The second-order valence-electron chi connectivity index (χ2n) is 6.79. The van der Waals surface area contributed by atoms with Crippen molar-refractivity contribution < 1.29 is 14.3 Å². The molecule has 8 nitrogen and oxygen atoms in total. The minimum atomic E-state index is -0.461. The Kier molecular flexibility index (Phi) is 5.53. The summed E-state index contributed by atoms with van der Waals surface area (Å²) in [6.45, 7) is 3.83. The van der Waals surface area contributed by atoms with Gasteiger partial charge in [0.1, 0.15) is 17.4 Å². The highest BCUT2D eigenvalue weighted by Gasteiger charge is 2.13. The van der Waals surface area contributed by atoms with Crippen molar-refractivity contribution in [1.82, 2.24) is 19.6 Å². The van der Waals surface area contributed by atoms with Crippen LogP contribution in [0.25, 0.3) is 5.65 Å². The van der Waals surface area contributed by atoms with Gasteiger partial charge in [-0.05, 0) is 38.1 Å². The Labute approximate surface area is 176 Å². The van der Waals surface area contributed by atoms with Gasteiger partial charge >= 0.3 is 5.97 Å². The molecular formula is C21H19N5O3S. The number of pyridine rings is 1. The van der Waals surface area contributed by atoms with Crippen molar-refractivity contribution >= 4 is 34.5 Å². The zero-order valence-corrected chi connectivity index (χ0v) is 17.3. The molecule has 3 heterocycles. The Morgan fingerprint density at radius 1 is 1.10 bits per heavy atom. The Morgan fingerprint density at radius 3 is 2.70 bits per heavy atom. The number of amides is 1. The van der Waals surface area contributed by atoms with Crippen molar-refractivity contribution in [3.63, 3.8) is 0 Å². The van der Waals surface area contributed by atoms with E-state index in [-0.39, 0.29) is 18.9 Å². The third-order valence-corrected chi connectivity index (χ3v) is 5.30. The number of esters is 1. The number of aromatic nitrogens is 4. The first-order chi connectivity index (χ1) is 14.5. The number of rotatable bonds is 6. The van der Waals surface area contributed by atoms with Crippen LogP contribution < -0.4 is 5.32 Å². The first-order valence-corrected chi connectivity index (χ1v) is 10.1. The fraction of sp³-hybridized carbons (Fsp3) is 0.190. The molecule has 0 spiro atoms. The second kappa shape index (κ2) is 8.42. The minimum absolute atomic E-state index is 0.0358. The van der Waals surface area contributed by atoms with Crippen molar-refractivity contribution in [1.29, 1.82) is 0 Å². The van der Waals surface area contributed by atoms with Crippen LogP contribution in [0.15, 0.2) is 48.0 Å². The van der Waals surface area contributed by atoms with Crippen molar-refractivity contribution in [2.24, 2.45) is 0 Å². The van der Waals surface area contributed by atoms with Crippen molar-refractivity contribution in [3.05, 3.63) is 75.6 Å². The Balaban J connectivity index is 1.32. The lowest BCUT2D eigenvalue weighted by Gasteiger charge is -2.04. The maximum absolute atomic E-state index is 12.3. The Morgan fingerprint density at radius 2 is 1.90 bits per heavy atom. The van der Waals surface area contributed by atoms with E-state index in [1.165, 1.54) is 11.3 Å². The number of anilines is 1. The Bertz CT molecular complexity index is 1210. The molecule has 0 atom stereocenters. The summed E-state index contributed by atoms with van der Waals surface area (Å²) in [6, 6.07) is 11.0. The molecule has 0 unspecified atom stereocenters. The van der Waals surface area contributed by atoms with E-state index < -0.39 is 5.97 Å². The van der Waals surface area contributed by atoms with Gasteiger partial charge in [-0.2, -0.15) is 0 Å². The lowest BCUT2D eigenvalue weighted by molar-refractivity contribution is -0.115. The van der Waals surface area contributed by atoms with Crippen LogP contribution in [0, 0.1) is 13.8 Å². The zero-order valence-electron chi connectivity index (χ0n) is 16.5. The molecule has 0 bridgehead atoms. The summed E-state index contributed by atoms with van der Waals surface area (Å²) >= 11 is 1.36. The van der Waals surface area contributed by atoms with Gasteiger partial charge in [0, 0.05) is 17.3 Å². The lowest BCUT2D eigenvalue weighted by Crippen LogP contribution is -2.14. The van der Waals surface area contributed by atoms with Crippen LogP contribution >= 0.6 is 11.3 Å². The van der Waals surface area contributed by atoms with Crippen molar-refractivity contribution in [2.45, 2.75) is 26.9 Å².